The minimum absolute atomic E-state index is 0.0883. The van der Waals surface area contributed by atoms with E-state index in [4.69, 9.17) is 4.74 Å². The van der Waals surface area contributed by atoms with Crippen molar-refractivity contribution in [3.05, 3.63) is 48.0 Å². The second kappa shape index (κ2) is 13.4. The number of hydrogen-bond donors (Lipinski definition) is 3. The number of rotatable bonds is 9. The van der Waals surface area contributed by atoms with Gasteiger partial charge in [-0.2, -0.15) is 5.26 Å². The van der Waals surface area contributed by atoms with Crippen molar-refractivity contribution in [2.24, 2.45) is 5.92 Å². The lowest BCUT2D eigenvalue weighted by Gasteiger charge is -2.33. The van der Waals surface area contributed by atoms with E-state index in [0.29, 0.717) is 25.8 Å². The monoisotopic (exact) mass is 546 g/mol. The fraction of sp³-hybridized carbons (Fsp3) is 0.593. The zero-order valence-corrected chi connectivity index (χ0v) is 22.4. The van der Waals surface area contributed by atoms with Crippen LogP contribution in [0.5, 0.6) is 0 Å². The molecule has 0 aromatic heterocycles. The SMILES string of the molecule is CC(C)(/C=C/C(C#N)C(=O)N1CCCC[C@@H](OC(=O)N[C@@H](Cc2ccccc2)B(O)O)C1)N1CCC(F)(F)C1. The third kappa shape index (κ3) is 9.02. The molecule has 39 heavy (non-hydrogen) atoms. The van der Waals surface area contributed by atoms with Gasteiger partial charge in [0.05, 0.1) is 25.1 Å². The first-order valence-electron chi connectivity index (χ1n) is 13.3. The molecule has 2 fully saturated rings. The van der Waals surface area contributed by atoms with E-state index in [1.165, 1.54) is 11.0 Å². The summed E-state index contributed by atoms with van der Waals surface area (Å²) in [6.45, 7) is 3.87. The first-order valence-corrected chi connectivity index (χ1v) is 13.3. The molecule has 2 saturated heterocycles. The molecular weight excluding hydrogens is 509 g/mol. The van der Waals surface area contributed by atoms with Crippen LogP contribution in [0.4, 0.5) is 13.6 Å². The molecule has 2 heterocycles. The number of alkyl carbamates (subject to hydrolysis) is 1. The van der Waals surface area contributed by atoms with Gasteiger partial charge in [0.25, 0.3) is 5.92 Å². The summed E-state index contributed by atoms with van der Waals surface area (Å²) in [7, 11) is -1.80. The molecular formula is C27H37BF2N4O5. The van der Waals surface area contributed by atoms with Gasteiger partial charge in [-0.1, -0.05) is 42.5 Å². The maximum Gasteiger partial charge on any atom is 0.475 e. The zero-order chi connectivity index (χ0) is 28.6. The molecule has 0 aliphatic carbocycles. The second-order valence-corrected chi connectivity index (χ2v) is 10.8. The number of hydrogen-bond acceptors (Lipinski definition) is 7. The summed E-state index contributed by atoms with van der Waals surface area (Å²) in [5.74, 6) is -5.30. The van der Waals surface area contributed by atoms with Crippen LogP contribution in [-0.2, 0) is 16.0 Å². The Balaban J connectivity index is 1.59. The first-order chi connectivity index (χ1) is 18.4. The van der Waals surface area contributed by atoms with Crippen molar-refractivity contribution >= 4 is 19.1 Å². The van der Waals surface area contributed by atoms with Gasteiger partial charge in [-0.3, -0.25) is 9.69 Å². The van der Waals surface area contributed by atoms with Gasteiger partial charge in [-0.05, 0) is 45.1 Å². The molecule has 3 rings (SSSR count). The van der Waals surface area contributed by atoms with Crippen LogP contribution in [0.25, 0.3) is 0 Å². The third-order valence-electron chi connectivity index (χ3n) is 7.26. The molecule has 0 radical (unpaired) electrons. The second-order valence-electron chi connectivity index (χ2n) is 10.8. The molecule has 1 aromatic rings. The summed E-state index contributed by atoms with van der Waals surface area (Å²) in [5.41, 5.74) is 0.0464. The number of benzene rings is 1. The van der Waals surface area contributed by atoms with E-state index in [9.17, 15) is 33.7 Å². The molecule has 1 unspecified atom stereocenters. The smallest absolute Gasteiger partial charge is 0.444 e. The predicted molar refractivity (Wildman–Crippen MR) is 141 cm³/mol. The fourth-order valence-corrected chi connectivity index (χ4v) is 4.88. The molecule has 3 N–H and O–H groups in total. The number of carbonyl (C=O) groups excluding carboxylic acids is 2. The number of carbonyl (C=O) groups is 2. The molecule has 1 aromatic carbocycles. The lowest BCUT2D eigenvalue weighted by molar-refractivity contribution is -0.133. The highest BCUT2D eigenvalue weighted by molar-refractivity contribution is 6.43. The topological polar surface area (TPSA) is 126 Å². The van der Waals surface area contributed by atoms with Gasteiger partial charge in [0, 0.05) is 25.0 Å². The Morgan fingerprint density at radius 1 is 1.28 bits per heavy atom. The molecule has 0 bridgehead atoms. The Morgan fingerprint density at radius 2 is 2.00 bits per heavy atom. The number of likely N-dealkylation sites (tertiary alicyclic amines) is 2. The van der Waals surface area contributed by atoms with Crippen LogP contribution in [0.1, 0.15) is 45.1 Å². The number of ether oxygens (including phenoxy) is 1. The van der Waals surface area contributed by atoms with Crippen molar-refractivity contribution in [3.63, 3.8) is 0 Å². The van der Waals surface area contributed by atoms with Crippen molar-refractivity contribution in [3.8, 4) is 6.07 Å². The Morgan fingerprint density at radius 3 is 2.62 bits per heavy atom. The van der Waals surface area contributed by atoms with Crippen LogP contribution in [0.15, 0.2) is 42.5 Å². The van der Waals surface area contributed by atoms with Crippen LogP contribution in [0.2, 0.25) is 0 Å². The van der Waals surface area contributed by atoms with Gasteiger partial charge in [-0.15, -0.1) is 0 Å². The fourth-order valence-electron chi connectivity index (χ4n) is 4.88. The molecule has 2 amide bonds. The van der Waals surface area contributed by atoms with Gasteiger partial charge in [-0.25, -0.2) is 13.6 Å². The standard InChI is InChI=1S/C27H37BF2N4O5/c1-26(2,34-15-13-27(29,30)19-34)12-11-21(17-31)24(35)33-14-7-6-10-22(18-33)39-25(36)32-23(28(37)38)16-20-8-4-3-5-9-20/h3-5,8-9,11-12,21-23,37-38H,6-7,10,13-16,18-19H2,1-2H3,(H,32,36)/b12-11+/t21?,22-,23+/m1/s1. The maximum atomic E-state index is 13.7. The average Bonchev–Trinajstić information content (AvgIpc) is 3.10. The summed E-state index contributed by atoms with van der Waals surface area (Å²) in [4.78, 5) is 28.9. The predicted octanol–water partition coefficient (Wildman–Crippen LogP) is 2.53. The Kier molecular flexibility index (Phi) is 10.5. The minimum Gasteiger partial charge on any atom is -0.444 e. The number of nitrogens with one attached hydrogen (secondary N) is 1. The quantitative estimate of drug-likeness (QED) is 0.321. The Labute approximate surface area is 228 Å². The first kappa shape index (κ1) is 30.5. The zero-order valence-electron chi connectivity index (χ0n) is 22.4. The van der Waals surface area contributed by atoms with Crippen molar-refractivity contribution in [2.45, 2.75) is 69.5 Å². The van der Waals surface area contributed by atoms with E-state index in [0.717, 1.165) is 5.56 Å². The molecule has 0 saturated carbocycles. The summed E-state index contributed by atoms with van der Waals surface area (Å²) in [6, 6.07) is 11.0. The summed E-state index contributed by atoms with van der Waals surface area (Å²) in [5, 5.41) is 31.7. The highest BCUT2D eigenvalue weighted by Gasteiger charge is 2.43. The van der Waals surface area contributed by atoms with Crippen LogP contribution >= 0.6 is 0 Å². The summed E-state index contributed by atoms with van der Waals surface area (Å²) in [6.07, 6.45) is 3.44. The van der Waals surface area contributed by atoms with Gasteiger partial charge in [0.1, 0.15) is 12.0 Å². The number of nitrogens with zero attached hydrogens (tertiary/aromatic N) is 3. The van der Waals surface area contributed by atoms with Gasteiger partial charge >= 0.3 is 13.2 Å². The Hall–Kier alpha value is -3.01. The lowest BCUT2D eigenvalue weighted by atomic mass is 9.76. The molecule has 3 atom stereocenters. The average molecular weight is 546 g/mol. The highest BCUT2D eigenvalue weighted by atomic mass is 19.3. The van der Waals surface area contributed by atoms with E-state index < -0.39 is 48.5 Å². The largest absolute Gasteiger partial charge is 0.475 e. The van der Waals surface area contributed by atoms with Crippen molar-refractivity contribution in [1.82, 2.24) is 15.1 Å². The third-order valence-corrected chi connectivity index (χ3v) is 7.26. The number of alkyl halides is 2. The number of amides is 2. The molecule has 2 aliphatic rings. The van der Waals surface area contributed by atoms with Gasteiger partial charge < -0.3 is 25.0 Å². The number of nitriles is 1. The van der Waals surface area contributed by atoms with E-state index in [1.54, 1.807) is 49.1 Å². The van der Waals surface area contributed by atoms with E-state index in [1.807, 2.05) is 12.1 Å². The lowest BCUT2D eigenvalue weighted by Crippen LogP contribution is -2.49. The molecule has 2 aliphatic heterocycles. The number of halogens is 2. The van der Waals surface area contributed by atoms with Crippen LogP contribution in [-0.4, -0.2) is 88.7 Å². The van der Waals surface area contributed by atoms with E-state index in [2.05, 4.69) is 5.32 Å². The Bertz CT molecular complexity index is 1050. The molecule has 0 spiro atoms. The van der Waals surface area contributed by atoms with Crippen molar-refractivity contribution < 1.29 is 33.2 Å². The van der Waals surface area contributed by atoms with Gasteiger partial charge in [0.15, 0.2) is 0 Å². The molecule has 12 heteroatoms. The minimum atomic E-state index is -2.75. The van der Waals surface area contributed by atoms with Crippen LogP contribution in [0, 0.1) is 17.2 Å². The van der Waals surface area contributed by atoms with E-state index >= 15 is 0 Å². The van der Waals surface area contributed by atoms with Gasteiger partial charge in [0.2, 0.25) is 5.91 Å². The van der Waals surface area contributed by atoms with Crippen LogP contribution < -0.4 is 5.32 Å². The van der Waals surface area contributed by atoms with E-state index in [-0.39, 0.29) is 32.5 Å². The summed E-state index contributed by atoms with van der Waals surface area (Å²) >= 11 is 0. The highest BCUT2D eigenvalue weighted by Crippen LogP contribution is 2.32. The normalized spacial score (nSPS) is 21.6. The molecule has 212 valence electrons. The molecule has 9 nitrogen and oxygen atoms in total. The maximum absolute atomic E-state index is 13.7. The summed E-state index contributed by atoms with van der Waals surface area (Å²) < 4.78 is 32.9. The van der Waals surface area contributed by atoms with Crippen molar-refractivity contribution in [1.29, 1.82) is 5.26 Å². The van der Waals surface area contributed by atoms with Crippen LogP contribution in [0.3, 0.4) is 0 Å². The van der Waals surface area contributed by atoms with Crippen molar-refractivity contribution in [2.75, 3.05) is 26.2 Å².